The van der Waals surface area contributed by atoms with Crippen molar-refractivity contribution in [3.63, 3.8) is 0 Å². The van der Waals surface area contributed by atoms with Crippen LogP contribution in [-0.4, -0.2) is 20.3 Å². The van der Waals surface area contributed by atoms with Crippen molar-refractivity contribution in [2.75, 3.05) is 20.3 Å². The van der Waals surface area contributed by atoms with Gasteiger partial charge in [-0.15, -0.1) is 0 Å². The lowest BCUT2D eigenvalue weighted by Gasteiger charge is -2.19. The molecule has 0 aliphatic carbocycles. The Morgan fingerprint density at radius 1 is 0.952 bits per heavy atom. The quantitative estimate of drug-likeness (QED) is 0.840. The van der Waals surface area contributed by atoms with E-state index in [2.05, 4.69) is 43.4 Å². The number of rotatable bonds is 7. The molecule has 1 unspecified atom stereocenters. The van der Waals surface area contributed by atoms with Crippen LogP contribution in [0.4, 0.5) is 0 Å². The Hall–Kier alpha value is -2.00. The fourth-order valence-corrected chi connectivity index (χ4v) is 2.17. The molecule has 0 radical (unpaired) electrons. The Morgan fingerprint density at radius 2 is 1.57 bits per heavy atom. The van der Waals surface area contributed by atoms with Gasteiger partial charge in [-0.2, -0.15) is 0 Å². The van der Waals surface area contributed by atoms with E-state index >= 15 is 0 Å². The number of methoxy groups -OCH3 is 1. The third-order valence-corrected chi connectivity index (χ3v) is 3.41. The van der Waals surface area contributed by atoms with E-state index in [0.29, 0.717) is 6.61 Å². The highest BCUT2D eigenvalue weighted by atomic mass is 16.5. The number of ether oxygens (including phenoxy) is 2. The molecule has 0 aliphatic heterocycles. The first-order chi connectivity index (χ1) is 10.2. The van der Waals surface area contributed by atoms with Crippen molar-refractivity contribution in [3.8, 4) is 11.5 Å². The van der Waals surface area contributed by atoms with Crippen molar-refractivity contribution in [1.29, 1.82) is 0 Å². The van der Waals surface area contributed by atoms with Crippen LogP contribution in [0.3, 0.4) is 0 Å². The van der Waals surface area contributed by atoms with Gasteiger partial charge in [0, 0.05) is 0 Å². The molecular formula is C18H23NO2. The summed E-state index contributed by atoms with van der Waals surface area (Å²) in [6.07, 6.45) is 0. The Morgan fingerprint density at radius 3 is 2.14 bits per heavy atom. The van der Waals surface area contributed by atoms with Gasteiger partial charge >= 0.3 is 0 Å². The van der Waals surface area contributed by atoms with Crippen LogP contribution in [0.15, 0.2) is 48.5 Å². The minimum absolute atomic E-state index is 0.169. The van der Waals surface area contributed by atoms with Crippen LogP contribution in [-0.2, 0) is 0 Å². The highest BCUT2D eigenvalue weighted by Crippen LogP contribution is 2.19. The van der Waals surface area contributed by atoms with E-state index in [1.165, 1.54) is 11.1 Å². The van der Waals surface area contributed by atoms with Crippen LogP contribution >= 0.6 is 0 Å². The molecule has 0 heterocycles. The highest BCUT2D eigenvalue weighted by Gasteiger charge is 2.11. The van der Waals surface area contributed by atoms with E-state index in [9.17, 15) is 0 Å². The van der Waals surface area contributed by atoms with Gasteiger partial charge in [0.2, 0.25) is 0 Å². The number of likely N-dealkylation sites (N-methyl/N-ethyl adjacent to an activating group) is 1. The monoisotopic (exact) mass is 285 g/mol. The third-order valence-electron chi connectivity index (χ3n) is 3.41. The molecule has 0 bridgehead atoms. The Labute approximate surface area is 126 Å². The summed E-state index contributed by atoms with van der Waals surface area (Å²) in [4.78, 5) is 0. The van der Waals surface area contributed by atoms with Crippen molar-refractivity contribution < 1.29 is 9.47 Å². The molecule has 2 rings (SSSR count). The van der Waals surface area contributed by atoms with E-state index in [4.69, 9.17) is 9.47 Å². The van der Waals surface area contributed by atoms with Crippen LogP contribution in [0.5, 0.6) is 11.5 Å². The fourth-order valence-electron chi connectivity index (χ4n) is 2.17. The van der Waals surface area contributed by atoms with E-state index < -0.39 is 0 Å². The zero-order valence-electron chi connectivity index (χ0n) is 12.9. The summed E-state index contributed by atoms with van der Waals surface area (Å²) in [6, 6.07) is 16.4. The molecule has 1 atom stereocenters. The molecule has 1 N–H and O–H groups in total. The number of benzene rings is 2. The van der Waals surface area contributed by atoms with Gasteiger partial charge in [0.1, 0.15) is 18.1 Å². The largest absolute Gasteiger partial charge is 0.497 e. The Kier molecular flexibility index (Phi) is 5.64. The summed E-state index contributed by atoms with van der Waals surface area (Å²) in [5, 5.41) is 3.45. The van der Waals surface area contributed by atoms with Crippen LogP contribution in [0.25, 0.3) is 0 Å². The molecule has 0 amide bonds. The van der Waals surface area contributed by atoms with E-state index in [0.717, 1.165) is 18.0 Å². The average molecular weight is 285 g/mol. The van der Waals surface area contributed by atoms with Crippen molar-refractivity contribution in [3.05, 3.63) is 59.7 Å². The maximum atomic E-state index is 5.89. The second-order valence-corrected chi connectivity index (χ2v) is 5.01. The summed E-state index contributed by atoms with van der Waals surface area (Å²) in [7, 11) is 1.68. The summed E-state index contributed by atoms with van der Waals surface area (Å²) in [5.74, 6) is 1.77. The standard InChI is InChI=1S/C18H23NO2/c1-4-19-18(15-7-11-16(20-3)12-8-15)13-21-17-9-5-14(2)6-10-17/h5-12,18-19H,4,13H2,1-3H3. The summed E-state index contributed by atoms with van der Waals surface area (Å²) >= 11 is 0. The molecule has 0 fully saturated rings. The first kappa shape index (κ1) is 15.4. The predicted octanol–water partition coefficient (Wildman–Crippen LogP) is 3.73. The smallest absolute Gasteiger partial charge is 0.119 e. The normalized spacial score (nSPS) is 12.0. The van der Waals surface area contributed by atoms with Gasteiger partial charge in [-0.25, -0.2) is 0 Å². The third kappa shape index (κ3) is 4.50. The van der Waals surface area contributed by atoms with Gasteiger partial charge in [-0.1, -0.05) is 36.8 Å². The van der Waals surface area contributed by atoms with Gasteiger partial charge in [0.05, 0.1) is 13.2 Å². The minimum atomic E-state index is 0.169. The molecule has 0 aromatic heterocycles. The van der Waals surface area contributed by atoms with Gasteiger partial charge in [-0.05, 0) is 43.3 Å². The first-order valence-electron chi connectivity index (χ1n) is 7.29. The van der Waals surface area contributed by atoms with Crippen molar-refractivity contribution >= 4 is 0 Å². The van der Waals surface area contributed by atoms with Gasteiger partial charge < -0.3 is 14.8 Å². The molecule has 2 aromatic rings. The van der Waals surface area contributed by atoms with Gasteiger partial charge in [0.15, 0.2) is 0 Å². The minimum Gasteiger partial charge on any atom is -0.497 e. The fraction of sp³-hybridized carbons (Fsp3) is 0.333. The lowest BCUT2D eigenvalue weighted by Crippen LogP contribution is -2.26. The van der Waals surface area contributed by atoms with Crippen LogP contribution in [0.2, 0.25) is 0 Å². The first-order valence-corrected chi connectivity index (χ1v) is 7.29. The summed E-state index contributed by atoms with van der Waals surface area (Å²) < 4.78 is 11.1. The molecule has 0 saturated carbocycles. The predicted molar refractivity (Wildman–Crippen MR) is 86.1 cm³/mol. The van der Waals surface area contributed by atoms with Crippen LogP contribution in [0, 0.1) is 6.92 Å². The lowest BCUT2D eigenvalue weighted by molar-refractivity contribution is 0.268. The van der Waals surface area contributed by atoms with Crippen molar-refractivity contribution in [2.24, 2.45) is 0 Å². The molecule has 112 valence electrons. The average Bonchev–Trinajstić information content (AvgIpc) is 2.53. The van der Waals surface area contributed by atoms with Crippen molar-refractivity contribution in [2.45, 2.75) is 19.9 Å². The molecule has 0 saturated heterocycles. The highest BCUT2D eigenvalue weighted by molar-refractivity contribution is 5.30. The second kappa shape index (κ2) is 7.70. The Bertz CT molecular complexity index is 534. The molecule has 2 aromatic carbocycles. The van der Waals surface area contributed by atoms with E-state index in [-0.39, 0.29) is 6.04 Å². The second-order valence-electron chi connectivity index (χ2n) is 5.01. The molecular weight excluding hydrogens is 262 g/mol. The number of hydrogen-bond donors (Lipinski definition) is 1. The maximum Gasteiger partial charge on any atom is 0.119 e. The molecule has 0 aliphatic rings. The van der Waals surface area contributed by atoms with Gasteiger partial charge in [-0.3, -0.25) is 0 Å². The maximum absolute atomic E-state index is 5.89. The topological polar surface area (TPSA) is 30.5 Å². The number of hydrogen-bond acceptors (Lipinski definition) is 3. The summed E-state index contributed by atoms with van der Waals surface area (Å²) in [5.41, 5.74) is 2.44. The molecule has 0 spiro atoms. The molecule has 3 heteroatoms. The zero-order chi connectivity index (χ0) is 15.1. The van der Waals surface area contributed by atoms with Gasteiger partial charge in [0.25, 0.3) is 0 Å². The molecule has 21 heavy (non-hydrogen) atoms. The number of nitrogens with one attached hydrogen (secondary N) is 1. The zero-order valence-corrected chi connectivity index (χ0v) is 12.9. The van der Waals surface area contributed by atoms with Crippen molar-refractivity contribution in [1.82, 2.24) is 5.32 Å². The Balaban J connectivity index is 2.02. The lowest BCUT2D eigenvalue weighted by atomic mass is 10.1. The SMILES string of the molecule is CCNC(COc1ccc(C)cc1)c1ccc(OC)cc1. The number of aryl methyl sites for hydroxylation is 1. The van der Waals surface area contributed by atoms with Crippen LogP contribution in [0.1, 0.15) is 24.1 Å². The van der Waals surface area contributed by atoms with E-state index in [1.54, 1.807) is 7.11 Å². The molecule has 3 nitrogen and oxygen atoms in total. The van der Waals surface area contributed by atoms with Crippen LogP contribution < -0.4 is 14.8 Å². The van der Waals surface area contributed by atoms with E-state index in [1.807, 2.05) is 24.3 Å². The summed E-state index contributed by atoms with van der Waals surface area (Å²) in [6.45, 7) is 5.67.